The van der Waals surface area contributed by atoms with Gasteiger partial charge < -0.3 is 14.4 Å². The van der Waals surface area contributed by atoms with Gasteiger partial charge in [0.15, 0.2) is 0 Å². The molecule has 1 saturated carbocycles. The number of ether oxygens (including phenoxy) is 2. The van der Waals surface area contributed by atoms with E-state index in [9.17, 15) is 4.79 Å². The van der Waals surface area contributed by atoms with Crippen molar-refractivity contribution in [3.8, 4) is 11.5 Å². The van der Waals surface area contributed by atoms with E-state index in [1.165, 1.54) is 31.2 Å². The number of rotatable bonds is 5. The van der Waals surface area contributed by atoms with Crippen LogP contribution in [0.5, 0.6) is 11.5 Å². The number of carbonyl (C=O) groups excluding carboxylic acids is 1. The Labute approximate surface area is 179 Å². The average Bonchev–Trinajstić information content (AvgIpc) is 2.84. The lowest BCUT2D eigenvalue weighted by atomic mass is 9.81. The second kappa shape index (κ2) is 9.52. The fourth-order valence-electron chi connectivity index (χ4n) is 4.90. The first kappa shape index (κ1) is 20.7. The zero-order chi connectivity index (χ0) is 20.9. The largest absolute Gasteiger partial charge is 0.497 e. The molecule has 0 unspecified atom stereocenters. The second-order valence-corrected chi connectivity index (χ2v) is 8.35. The molecule has 0 spiro atoms. The van der Waals surface area contributed by atoms with E-state index in [1.54, 1.807) is 32.4 Å². The fraction of sp³-hybridized carbons (Fsp3) is 0.480. The molecule has 0 aromatic heterocycles. The summed E-state index contributed by atoms with van der Waals surface area (Å²) in [6, 6.07) is 17.0. The predicted molar refractivity (Wildman–Crippen MR) is 118 cm³/mol. The van der Waals surface area contributed by atoms with E-state index in [2.05, 4.69) is 35.2 Å². The molecule has 5 heteroatoms. The molecule has 1 heterocycles. The molecule has 2 fully saturated rings. The molecule has 160 valence electrons. The molecule has 1 aliphatic carbocycles. The minimum atomic E-state index is 0.0552. The molecular formula is C25H32N2O3. The Balaban J connectivity index is 1.31. The molecule has 30 heavy (non-hydrogen) atoms. The van der Waals surface area contributed by atoms with Crippen LogP contribution in [0.15, 0.2) is 48.5 Å². The van der Waals surface area contributed by atoms with E-state index in [4.69, 9.17) is 9.47 Å². The van der Waals surface area contributed by atoms with Crippen molar-refractivity contribution in [2.45, 2.75) is 37.6 Å². The minimum Gasteiger partial charge on any atom is -0.497 e. The molecule has 1 amide bonds. The number of amides is 1. The quantitative estimate of drug-likeness (QED) is 0.744. The first-order valence-corrected chi connectivity index (χ1v) is 11.0. The lowest BCUT2D eigenvalue weighted by Gasteiger charge is -2.42. The third-order valence-corrected chi connectivity index (χ3v) is 6.68. The van der Waals surface area contributed by atoms with Crippen molar-refractivity contribution >= 4 is 5.91 Å². The van der Waals surface area contributed by atoms with Crippen LogP contribution in [-0.4, -0.2) is 62.1 Å². The number of methoxy groups -OCH3 is 2. The zero-order valence-electron chi connectivity index (χ0n) is 18.0. The van der Waals surface area contributed by atoms with Gasteiger partial charge in [-0.3, -0.25) is 9.69 Å². The van der Waals surface area contributed by atoms with Gasteiger partial charge in [-0.1, -0.05) is 30.3 Å². The van der Waals surface area contributed by atoms with Crippen LogP contribution in [0.1, 0.15) is 47.5 Å². The van der Waals surface area contributed by atoms with Crippen LogP contribution >= 0.6 is 0 Å². The number of benzene rings is 2. The van der Waals surface area contributed by atoms with E-state index in [0.717, 1.165) is 26.2 Å². The van der Waals surface area contributed by atoms with Crippen molar-refractivity contribution in [3.05, 3.63) is 59.7 Å². The molecule has 1 saturated heterocycles. The van der Waals surface area contributed by atoms with Gasteiger partial charge in [0.2, 0.25) is 0 Å². The second-order valence-electron chi connectivity index (χ2n) is 8.35. The average molecular weight is 409 g/mol. The molecule has 0 bridgehead atoms. The predicted octanol–water partition coefficient (Wildman–Crippen LogP) is 4.19. The van der Waals surface area contributed by atoms with Gasteiger partial charge >= 0.3 is 0 Å². The third-order valence-electron chi connectivity index (χ3n) is 6.68. The van der Waals surface area contributed by atoms with Crippen LogP contribution in [0.25, 0.3) is 0 Å². The highest BCUT2D eigenvalue weighted by Crippen LogP contribution is 2.35. The van der Waals surface area contributed by atoms with Crippen molar-refractivity contribution in [1.82, 2.24) is 9.80 Å². The SMILES string of the molecule is COc1cc(OC)cc(C(=O)N2CCN(C3CCC(c4ccccc4)CC3)CC2)c1. The normalized spacial score (nSPS) is 22.5. The summed E-state index contributed by atoms with van der Waals surface area (Å²) in [4.78, 5) is 17.6. The van der Waals surface area contributed by atoms with Crippen LogP contribution in [0.3, 0.4) is 0 Å². The maximum absolute atomic E-state index is 13.0. The molecule has 0 radical (unpaired) electrons. The van der Waals surface area contributed by atoms with E-state index < -0.39 is 0 Å². The standard InChI is InChI=1S/C25H32N2O3/c1-29-23-16-21(17-24(18-23)30-2)25(28)27-14-12-26(13-15-27)22-10-8-20(9-11-22)19-6-4-3-5-7-19/h3-7,16-18,20,22H,8-15H2,1-2H3. The summed E-state index contributed by atoms with van der Waals surface area (Å²) in [5.41, 5.74) is 2.11. The van der Waals surface area contributed by atoms with Crippen LogP contribution < -0.4 is 9.47 Å². The summed E-state index contributed by atoms with van der Waals surface area (Å²) in [6.45, 7) is 3.45. The zero-order valence-corrected chi connectivity index (χ0v) is 18.0. The van der Waals surface area contributed by atoms with Crippen LogP contribution in [0.2, 0.25) is 0 Å². The Morgan fingerprint density at radius 1 is 0.833 bits per heavy atom. The van der Waals surface area contributed by atoms with Crippen LogP contribution in [0, 0.1) is 0 Å². The molecule has 5 nitrogen and oxygen atoms in total. The fourth-order valence-corrected chi connectivity index (χ4v) is 4.90. The Morgan fingerprint density at radius 3 is 2.00 bits per heavy atom. The molecule has 0 N–H and O–H groups in total. The Morgan fingerprint density at radius 2 is 1.43 bits per heavy atom. The van der Waals surface area contributed by atoms with Gasteiger partial charge in [-0.05, 0) is 49.3 Å². The number of hydrogen-bond donors (Lipinski definition) is 0. The minimum absolute atomic E-state index is 0.0552. The Hall–Kier alpha value is -2.53. The number of piperazine rings is 1. The molecule has 2 aromatic carbocycles. The summed E-state index contributed by atoms with van der Waals surface area (Å²) in [5, 5.41) is 0. The van der Waals surface area contributed by atoms with Gasteiger partial charge in [0.05, 0.1) is 14.2 Å². The summed E-state index contributed by atoms with van der Waals surface area (Å²) in [5.74, 6) is 2.05. The molecule has 4 rings (SSSR count). The monoisotopic (exact) mass is 408 g/mol. The third kappa shape index (κ3) is 4.62. The van der Waals surface area contributed by atoms with Crippen LogP contribution in [0.4, 0.5) is 0 Å². The molecular weight excluding hydrogens is 376 g/mol. The van der Waals surface area contributed by atoms with Gasteiger partial charge in [-0.25, -0.2) is 0 Å². The Bertz CT molecular complexity index is 816. The van der Waals surface area contributed by atoms with Crippen molar-refractivity contribution in [2.75, 3.05) is 40.4 Å². The van der Waals surface area contributed by atoms with Crippen molar-refractivity contribution in [1.29, 1.82) is 0 Å². The highest BCUT2D eigenvalue weighted by molar-refractivity contribution is 5.95. The summed E-state index contributed by atoms with van der Waals surface area (Å²) in [7, 11) is 3.21. The number of carbonyl (C=O) groups is 1. The van der Waals surface area contributed by atoms with Gasteiger partial charge in [-0.2, -0.15) is 0 Å². The highest BCUT2D eigenvalue weighted by atomic mass is 16.5. The first-order valence-electron chi connectivity index (χ1n) is 11.0. The van der Waals surface area contributed by atoms with Gasteiger partial charge in [0.1, 0.15) is 11.5 Å². The smallest absolute Gasteiger partial charge is 0.254 e. The van der Waals surface area contributed by atoms with Crippen molar-refractivity contribution in [2.24, 2.45) is 0 Å². The highest BCUT2D eigenvalue weighted by Gasteiger charge is 2.30. The lowest BCUT2D eigenvalue weighted by molar-refractivity contribution is 0.0514. The summed E-state index contributed by atoms with van der Waals surface area (Å²) >= 11 is 0. The number of hydrogen-bond acceptors (Lipinski definition) is 4. The van der Waals surface area contributed by atoms with E-state index >= 15 is 0 Å². The maximum Gasteiger partial charge on any atom is 0.254 e. The lowest BCUT2D eigenvalue weighted by Crippen LogP contribution is -2.52. The van der Waals surface area contributed by atoms with E-state index in [0.29, 0.717) is 29.0 Å². The Kier molecular flexibility index (Phi) is 6.58. The summed E-state index contributed by atoms with van der Waals surface area (Å²) < 4.78 is 10.6. The molecule has 0 atom stereocenters. The molecule has 1 aliphatic heterocycles. The van der Waals surface area contributed by atoms with E-state index in [1.807, 2.05) is 4.90 Å². The van der Waals surface area contributed by atoms with Gasteiger partial charge in [0, 0.05) is 43.9 Å². The maximum atomic E-state index is 13.0. The van der Waals surface area contributed by atoms with E-state index in [-0.39, 0.29) is 5.91 Å². The number of nitrogens with zero attached hydrogens (tertiary/aromatic N) is 2. The molecule has 2 aliphatic rings. The first-order chi connectivity index (χ1) is 14.7. The van der Waals surface area contributed by atoms with Crippen molar-refractivity contribution < 1.29 is 14.3 Å². The van der Waals surface area contributed by atoms with Gasteiger partial charge in [-0.15, -0.1) is 0 Å². The van der Waals surface area contributed by atoms with Crippen LogP contribution in [-0.2, 0) is 0 Å². The van der Waals surface area contributed by atoms with Gasteiger partial charge in [0.25, 0.3) is 5.91 Å². The summed E-state index contributed by atoms with van der Waals surface area (Å²) in [6.07, 6.45) is 5.02. The topological polar surface area (TPSA) is 42.0 Å². The molecule has 2 aromatic rings. The van der Waals surface area contributed by atoms with Crippen molar-refractivity contribution in [3.63, 3.8) is 0 Å².